The number of amides is 1. The highest BCUT2D eigenvalue weighted by molar-refractivity contribution is 8.01. The summed E-state index contributed by atoms with van der Waals surface area (Å²) >= 11 is 15.1. The summed E-state index contributed by atoms with van der Waals surface area (Å²) in [5.41, 5.74) is 2.97. The number of carbonyl (C=O) groups excluding carboxylic acids is 1. The Morgan fingerprint density at radius 2 is 1.88 bits per heavy atom. The summed E-state index contributed by atoms with van der Waals surface area (Å²) < 4.78 is 0.806. The number of halogens is 2. The molecular weight excluding hydrogens is 397 g/mol. The van der Waals surface area contributed by atoms with E-state index in [1.165, 1.54) is 29.2 Å². The van der Waals surface area contributed by atoms with E-state index in [-0.39, 0.29) is 5.91 Å². The van der Waals surface area contributed by atoms with Crippen LogP contribution in [0.3, 0.4) is 0 Å². The van der Waals surface area contributed by atoms with Gasteiger partial charge in [0.1, 0.15) is 5.51 Å². The topological polar surface area (TPSA) is 54.9 Å². The van der Waals surface area contributed by atoms with Gasteiger partial charge in [0.15, 0.2) is 4.34 Å². The van der Waals surface area contributed by atoms with Gasteiger partial charge in [0.25, 0.3) is 0 Å². The van der Waals surface area contributed by atoms with Crippen molar-refractivity contribution in [2.75, 3.05) is 5.32 Å². The number of anilines is 1. The molecule has 0 fully saturated rings. The normalized spacial score (nSPS) is 11.0. The minimum atomic E-state index is -0.277. The highest BCUT2D eigenvalue weighted by Gasteiger charge is 2.08. The summed E-state index contributed by atoms with van der Waals surface area (Å²) in [6.45, 7) is 0. The lowest BCUT2D eigenvalue weighted by Gasteiger charge is -2.08. The van der Waals surface area contributed by atoms with Gasteiger partial charge in [-0.1, -0.05) is 64.5 Å². The van der Waals surface area contributed by atoms with Crippen LogP contribution in [0.4, 0.5) is 5.69 Å². The highest BCUT2D eigenvalue weighted by atomic mass is 35.5. The largest absolute Gasteiger partial charge is 0.321 e. The fraction of sp³-hybridized carbons (Fsp3) is 0. The van der Waals surface area contributed by atoms with Gasteiger partial charge in [-0.05, 0) is 30.3 Å². The van der Waals surface area contributed by atoms with Gasteiger partial charge in [-0.3, -0.25) is 4.79 Å². The van der Waals surface area contributed by atoms with E-state index >= 15 is 0 Å². The van der Waals surface area contributed by atoms with Gasteiger partial charge in [0.2, 0.25) is 5.91 Å². The maximum Gasteiger partial charge on any atom is 0.248 e. The molecule has 0 saturated heterocycles. The predicted octanol–water partition coefficient (Wildman–Crippen LogP) is 5.65. The molecule has 0 spiro atoms. The van der Waals surface area contributed by atoms with E-state index in [4.69, 9.17) is 23.2 Å². The van der Waals surface area contributed by atoms with Gasteiger partial charge in [-0.2, -0.15) is 0 Å². The standard InChI is InChI=1S/C17H11Cl2N3OS2/c18-12-4-3-5-13(19)11(12)8-9-16(23)21-14-6-1-2-7-15(14)25-17-22-20-10-24-17/h1-10H,(H,21,23)/b9-8+. The number of benzene rings is 2. The van der Waals surface area contributed by atoms with Crippen LogP contribution < -0.4 is 5.32 Å². The molecule has 3 aromatic rings. The Bertz CT molecular complexity index is 894. The molecule has 1 aromatic heterocycles. The molecule has 0 aliphatic heterocycles. The Balaban J connectivity index is 1.74. The molecule has 0 unspecified atom stereocenters. The third-order valence-electron chi connectivity index (χ3n) is 3.08. The number of nitrogens with one attached hydrogen (secondary N) is 1. The zero-order valence-electron chi connectivity index (χ0n) is 12.6. The number of aromatic nitrogens is 2. The summed E-state index contributed by atoms with van der Waals surface area (Å²) in [4.78, 5) is 13.1. The van der Waals surface area contributed by atoms with Crippen molar-refractivity contribution in [2.45, 2.75) is 9.24 Å². The quantitative estimate of drug-likeness (QED) is 0.555. The van der Waals surface area contributed by atoms with Crippen LogP contribution in [0.5, 0.6) is 0 Å². The van der Waals surface area contributed by atoms with Gasteiger partial charge in [0.05, 0.1) is 5.69 Å². The molecule has 1 amide bonds. The molecule has 0 bridgehead atoms. The van der Waals surface area contributed by atoms with Crippen molar-refractivity contribution in [1.82, 2.24) is 10.2 Å². The first-order valence-corrected chi connectivity index (χ1v) is 9.55. The van der Waals surface area contributed by atoms with Gasteiger partial charge in [-0.25, -0.2) is 0 Å². The van der Waals surface area contributed by atoms with Crippen LogP contribution in [-0.2, 0) is 4.79 Å². The maximum absolute atomic E-state index is 12.2. The molecule has 0 saturated carbocycles. The van der Waals surface area contributed by atoms with Crippen molar-refractivity contribution in [3.05, 3.63) is 69.7 Å². The summed E-state index contributed by atoms with van der Waals surface area (Å²) in [5, 5.41) is 11.7. The zero-order valence-corrected chi connectivity index (χ0v) is 15.8. The average molecular weight is 408 g/mol. The lowest BCUT2D eigenvalue weighted by Crippen LogP contribution is -2.08. The number of nitrogens with zero attached hydrogens (tertiary/aromatic N) is 2. The van der Waals surface area contributed by atoms with Crippen LogP contribution in [0.1, 0.15) is 5.56 Å². The molecule has 1 N–H and O–H groups in total. The Hall–Kier alpha value is -1.86. The van der Waals surface area contributed by atoms with Gasteiger partial charge in [-0.15, -0.1) is 10.2 Å². The second-order valence-electron chi connectivity index (χ2n) is 4.76. The van der Waals surface area contributed by atoms with Crippen LogP contribution in [0.25, 0.3) is 6.08 Å². The molecule has 0 aliphatic carbocycles. The van der Waals surface area contributed by atoms with Gasteiger partial charge in [0, 0.05) is 26.6 Å². The van der Waals surface area contributed by atoms with Crippen LogP contribution in [-0.4, -0.2) is 16.1 Å². The van der Waals surface area contributed by atoms with E-state index in [9.17, 15) is 4.79 Å². The maximum atomic E-state index is 12.2. The first-order chi connectivity index (χ1) is 12.1. The lowest BCUT2D eigenvalue weighted by molar-refractivity contribution is -0.111. The van der Waals surface area contributed by atoms with Crippen molar-refractivity contribution in [3.63, 3.8) is 0 Å². The van der Waals surface area contributed by atoms with E-state index < -0.39 is 0 Å². The minimum absolute atomic E-state index is 0.277. The van der Waals surface area contributed by atoms with E-state index in [0.29, 0.717) is 21.3 Å². The molecule has 25 heavy (non-hydrogen) atoms. The number of carbonyl (C=O) groups is 1. The lowest BCUT2D eigenvalue weighted by atomic mass is 10.2. The second kappa shape index (κ2) is 8.49. The van der Waals surface area contributed by atoms with Crippen molar-refractivity contribution in [1.29, 1.82) is 0 Å². The first-order valence-electron chi connectivity index (χ1n) is 7.09. The Labute approximate surface area is 162 Å². The Kier molecular flexibility index (Phi) is 6.09. The Morgan fingerprint density at radius 3 is 2.60 bits per heavy atom. The van der Waals surface area contributed by atoms with Gasteiger partial charge < -0.3 is 5.32 Å². The summed E-state index contributed by atoms with van der Waals surface area (Å²) in [6.07, 6.45) is 3.00. The highest BCUT2D eigenvalue weighted by Crippen LogP contribution is 2.34. The van der Waals surface area contributed by atoms with Crippen LogP contribution in [0, 0.1) is 0 Å². The summed E-state index contributed by atoms with van der Waals surface area (Å²) in [5.74, 6) is -0.277. The summed E-state index contributed by atoms with van der Waals surface area (Å²) in [7, 11) is 0. The molecule has 1 heterocycles. The smallest absolute Gasteiger partial charge is 0.248 e. The van der Waals surface area contributed by atoms with E-state index in [1.807, 2.05) is 24.3 Å². The third-order valence-corrected chi connectivity index (χ3v) is 5.60. The molecule has 2 aromatic carbocycles. The zero-order chi connectivity index (χ0) is 17.6. The second-order valence-corrected chi connectivity index (χ2v) is 7.70. The number of para-hydroxylation sites is 1. The van der Waals surface area contributed by atoms with Crippen molar-refractivity contribution in [2.24, 2.45) is 0 Å². The molecule has 0 radical (unpaired) electrons. The third kappa shape index (κ3) is 4.83. The van der Waals surface area contributed by atoms with Crippen molar-refractivity contribution in [3.8, 4) is 0 Å². The van der Waals surface area contributed by atoms with E-state index in [2.05, 4.69) is 15.5 Å². The fourth-order valence-corrected chi connectivity index (χ4v) is 4.01. The van der Waals surface area contributed by atoms with Crippen molar-refractivity contribution < 1.29 is 4.79 Å². The minimum Gasteiger partial charge on any atom is -0.321 e. The van der Waals surface area contributed by atoms with E-state index in [0.717, 1.165) is 9.24 Å². The number of rotatable bonds is 5. The predicted molar refractivity (Wildman–Crippen MR) is 105 cm³/mol. The number of hydrogen-bond donors (Lipinski definition) is 1. The molecule has 126 valence electrons. The van der Waals surface area contributed by atoms with Crippen LogP contribution in [0.15, 0.2) is 63.3 Å². The number of hydrogen-bond acceptors (Lipinski definition) is 5. The molecule has 0 atom stereocenters. The SMILES string of the molecule is O=C(/C=C/c1c(Cl)cccc1Cl)Nc1ccccc1Sc1nncs1. The van der Waals surface area contributed by atoms with Crippen LogP contribution >= 0.6 is 46.3 Å². The van der Waals surface area contributed by atoms with E-state index in [1.54, 1.807) is 29.8 Å². The molecule has 3 rings (SSSR count). The Morgan fingerprint density at radius 1 is 1.12 bits per heavy atom. The first kappa shape index (κ1) is 17.9. The molecule has 0 aliphatic rings. The van der Waals surface area contributed by atoms with Gasteiger partial charge >= 0.3 is 0 Å². The summed E-state index contributed by atoms with van der Waals surface area (Å²) in [6, 6.07) is 12.7. The van der Waals surface area contributed by atoms with Crippen molar-refractivity contribution >= 4 is 64.0 Å². The molecule has 8 heteroatoms. The fourth-order valence-electron chi connectivity index (χ4n) is 1.96. The monoisotopic (exact) mass is 407 g/mol. The van der Waals surface area contributed by atoms with Crippen LogP contribution in [0.2, 0.25) is 10.0 Å². The average Bonchev–Trinajstić information content (AvgIpc) is 3.09. The molecular formula is C17H11Cl2N3OS2. The molecule has 4 nitrogen and oxygen atoms in total.